The Hall–Kier alpha value is -1.83. The molecule has 1 aromatic heterocycles. The molecule has 0 radical (unpaired) electrons. The van der Waals surface area contributed by atoms with Crippen LogP contribution in [-0.4, -0.2) is 35.3 Å². The molecule has 162 valence electrons. The molecule has 2 N–H and O–H groups in total. The Bertz CT molecular complexity index is 566. The van der Waals surface area contributed by atoms with Crippen molar-refractivity contribution in [2.45, 2.75) is 66.2 Å². The van der Waals surface area contributed by atoms with Crippen LogP contribution in [0.3, 0.4) is 0 Å². The van der Waals surface area contributed by atoms with Crippen molar-refractivity contribution in [1.29, 1.82) is 0 Å². The fraction of sp³-hybridized carbons (Fsp3) is 0.700. The summed E-state index contributed by atoms with van der Waals surface area (Å²) >= 11 is 0. The average molecular weight is 406 g/mol. The minimum Gasteiger partial charge on any atom is -0.488 e. The molecule has 8 heteroatoms. The van der Waals surface area contributed by atoms with Crippen LogP contribution >= 0.6 is 0 Å². The number of carboxylic acids is 1. The third kappa shape index (κ3) is 11.1. The molecule has 0 aliphatic heterocycles. The maximum absolute atomic E-state index is 12.9. The second-order valence-electron chi connectivity index (χ2n) is 7.01. The molecule has 0 aromatic carbocycles. The van der Waals surface area contributed by atoms with Gasteiger partial charge in [0.05, 0.1) is 5.92 Å². The lowest BCUT2D eigenvalue weighted by Crippen LogP contribution is -2.26. The standard InChI is InChI=1S/C15H23F3N2O.C5H10O2/c1-4-19-9-7-12(10-11(2)3)21-13-6-5-8-20-14(13)15(16,17)18;1-3-4(2)5(6)7/h5-6,8,11-12,19H,4,7,9-10H2,1-3H3;4H,3H2,1-2H3,(H,6,7). The molecule has 1 heterocycles. The summed E-state index contributed by atoms with van der Waals surface area (Å²) in [4.78, 5) is 13.3. The zero-order valence-electron chi connectivity index (χ0n) is 17.3. The van der Waals surface area contributed by atoms with E-state index in [1.165, 1.54) is 12.1 Å². The van der Waals surface area contributed by atoms with Crippen LogP contribution < -0.4 is 10.1 Å². The van der Waals surface area contributed by atoms with Crippen molar-refractivity contribution < 1.29 is 27.8 Å². The first-order valence-electron chi connectivity index (χ1n) is 9.65. The second kappa shape index (κ2) is 13.4. The minimum absolute atomic E-state index is 0.181. The first-order chi connectivity index (χ1) is 13.0. The Morgan fingerprint density at radius 2 is 1.93 bits per heavy atom. The van der Waals surface area contributed by atoms with Gasteiger partial charge < -0.3 is 15.2 Å². The van der Waals surface area contributed by atoms with Crippen molar-refractivity contribution in [3.63, 3.8) is 0 Å². The first-order valence-corrected chi connectivity index (χ1v) is 9.65. The summed E-state index contributed by atoms with van der Waals surface area (Å²) in [6, 6.07) is 2.79. The van der Waals surface area contributed by atoms with E-state index in [-0.39, 0.29) is 17.8 Å². The quantitative estimate of drug-likeness (QED) is 0.535. The molecule has 2 unspecified atom stereocenters. The maximum Gasteiger partial charge on any atom is 0.437 e. The van der Waals surface area contributed by atoms with E-state index in [9.17, 15) is 18.0 Å². The molecule has 0 saturated carbocycles. The van der Waals surface area contributed by atoms with Gasteiger partial charge in [0, 0.05) is 6.20 Å². The van der Waals surface area contributed by atoms with Crippen LogP contribution in [-0.2, 0) is 11.0 Å². The van der Waals surface area contributed by atoms with Crippen LogP contribution in [0.1, 0.15) is 59.6 Å². The van der Waals surface area contributed by atoms with E-state index in [0.717, 1.165) is 25.7 Å². The van der Waals surface area contributed by atoms with E-state index < -0.39 is 17.8 Å². The predicted octanol–water partition coefficient (Wildman–Crippen LogP) is 5.01. The zero-order chi connectivity index (χ0) is 21.7. The van der Waals surface area contributed by atoms with E-state index in [1.54, 1.807) is 6.92 Å². The maximum atomic E-state index is 12.9. The molecule has 0 saturated heterocycles. The molecular weight excluding hydrogens is 373 g/mol. The van der Waals surface area contributed by atoms with Gasteiger partial charge in [-0.15, -0.1) is 0 Å². The molecule has 1 rings (SSSR count). The highest BCUT2D eigenvalue weighted by Crippen LogP contribution is 2.35. The van der Waals surface area contributed by atoms with Crippen LogP contribution in [0.4, 0.5) is 13.2 Å². The number of aliphatic carboxylic acids is 1. The lowest BCUT2D eigenvalue weighted by atomic mass is 10.0. The largest absolute Gasteiger partial charge is 0.488 e. The highest BCUT2D eigenvalue weighted by Gasteiger charge is 2.36. The predicted molar refractivity (Wildman–Crippen MR) is 103 cm³/mol. The van der Waals surface area contributed by atoms with Gasteiger partial charge in [-0.25, -0.2) is 4.98 Å². The lowest BCUT2D eigenvalue weighted by Gasteiger charge is -2.22. The normalized spacial score (nSPS) is 13.5. The number of halogens is 3. The molecule has 0 spiro atoms. The van der Waals surface area contributed by atoms with Gasteiger partial charge in [-0.1, -0.05) is 34.6 Å². The van der Waals surface area contributed by atoms with Gasteiger partial charge >= 0.3 is 12.1 Å². The Kier molecular flexibility index (Phi) is 12.5. The number of alkyl halides is 3. The summed E-state index contributed by atoms with van der Waals surface area (Å²) in [6.07, 6.45) is -1.54. The lowest BCUT2D eigenvalue weighted by molar-refractivity contribution is -0.143. The highest BCUT2D eigenvalue weighted by molar-refractivity contribution is 5.69. The van der Waals surface area contributed by atoms with E-state index in [4.69, 9.17) is 9.84 Å². The van der Waals surface area contributed by atoms with Gasteiger partial charge in [0.25, 0.3) is 0 Å². The van der Waals surface area contributed by atoms with Crippen molar-refractivity contribution >= 4 is 5.97 Å². The fourth-order valence-electron chi connectivity index (χ4n) is 2.24. The summed E-state index contributed by atoms with van der Waals surface area (Å²) in [5.41, 5.74) is -0.956. The number of rotatable bonds is 10. The molecule has 2 atom stereocenters. The summed E-state index contributed by atoms with van der Waals surface area (Å²) < 4.78 is 44.3. The molecule has 5 nitrogen and oxygen atoms in total. The number of nitrogens with one attached hydrogen (secondary N) is 1. The monoisotopic (exact) mass is 406 g/mol. The summed E-state index contributed by atoms with van der Waals surface area (Å²) in [6.45, 7) is 11.1. The number of carboxylic acid groups (broad SMARTS) is 1. The van der Waals surface area contributed by atoms with Crippen LogP contribution in [0.25, 0.3) is 0 Å². The van der Waals surface area contributed by atoms with Gasteiger partial charge in [0.1, 0.15) is 6.10 Å². The average Bonchev–Trinajstić information content (AvgIpc) is 2.60. The third-order valence-electron chi connectivity index (χ3n) is 3.99. The summed E-state index contributed by atoms with van der Waals surface area (Å²) in [7, 11) is 0. The summed E-state index contributed by atoms with van der Waals surface area (Å²) in [5.74, 6) is -0.725. The number of aromatic nitrogens is 1. The number of hydrogen-bond donors (Lipinski definition) is 2. The van der Waals surface area contributed by atoms with Gasteiger partial charge in [-0.3, -0.25) is 4.79 Å². The van der Waals surface area contributed by atoms with Crippen molar-refractivity contribution in [3.05, 3.63) is 24.0 Å². The highest BCUT2D eigenvalue weighted by atomic mass is 19.4. The molecule has 28 heavy (non-hydrogen) atoms. The van der Waals surface area contributed by atoms with Crippen molar-refractivity contribution in [1.82, 2.24) is 10.3 Å². The van der Waals surface area contributed by atoms with Crippen LogP contribution in [0.15, 0.2) is 18.3 Å². The van der Waals surface area contributed by atoms with Crippen molar-refractivity contribution in [2.24, 2.45) is 11.8 Å². The number of hydrogen-bond acceptors (Lipinski definition) is 4. The Labute approximate surface area is 165 Å². The molecule has 0 aliphatic rings. The Balaban J connectivity index is 0.000000887. The van der Waals surface area contributed by atoms with Crippen LogP contribution in [0.2, 0.25) is 0 Å². The smallest absolute Gasteiger partial charge is 0.437 e. The Morgan fingerprint density at radius 1 is 1.29 bits per heavy atom. The Morgan fingerprint density at radius 3 is 2.36 bits per heavy atom. The van der Waals surface area contributed by atoms with E-state index in [0.29, 0.717) is 18.8 Å². The molecule has 1 aromatic rings. The summed E-state index contributed by atoms with van der Waals surface area (Å²) in [5, 5.41) is 11.3. The van der Waals surface area contributed by atoms with Gasteiger partial charge in [-0.05, 0) is 50.4 Å². The van der Waals surface area contributed by atoms with E-state index >= 15 is 0 Å². The number of pyridine rings is 1. The number of nitrogens with zero attached hydrogens (tertiary/aromatic N) is 1. The third-order valence-corrected chi connectivity index (χ3v) is 3.99. The fourth-order valence-corrected chi connectivity index (χ4v) is 2.24. The molecule has 0 aliphatic carbocycles. The SMILES string of the molecule is CCC(C)C(=O)O.CCNCCC(CC(C)C)Oc1cccnc1C(F)(F)F. The molecule has 0 bridgehead atoms. The van der Waals surface area contributed by atoms with E-state index in [2.05, 4.69) is 10.3 Å². The minimum atomic E-state index is -4.50. The zero-order valence-corrected chi connectivity index (χ0v) is 17.3. The van der Waals surface area contributed by atoms with E-state index in [1.807, 2.05) is 27.7 Å². The van der Waals surface area contributed by atoms with Crippen LogP contribution in [0, 0.1) is 11.8 Å². The second-order valence-corrected chi connectivity index (χ2v) is 7.01. The number of ether oxygens (including phenoxy) is 1. The van der Waals surface area contributed by atoms with Gasteiger partial charge in [-0.2, -0.15) is 13.2 Å². The number of carbonyl (C=O) groups is 1. The van der Waals surface area contributed by atoms with Crippen LogP contribution in [0.5, 0.6) is 5.75 Å². The molecule has 0 amide bonds. The molecular formula is C20H33F3N2O3. The van der Waals surface area contributed by atoms with Crippen molar-refractivity contribution in [2.75, 3.05) is 13.1 Å². The first kappa shape index (κ1) is 26.2. The topological polar surface area (TPSA) is 71.5 Å². The van der Waals surface area contributed by atoms with Crippen molar-refractivity contribution in [3.8, 4) is 5.75 Å². The van der Waals surface area contributed by atoms with Gasteiger partial charge in [0.2, 0.25) is 0 Å². The molecule has 0 fully saturated rings. The van der Waals surface area contributed by atoms with Gasteiger partial charge in [0.15, 0.2) is 11.4 Å².